The average molecular weight is 328 g/mol. The van der Waals surface area contributed by atoms with Crippen LogP contribution >= 0.6 is 0 Å². The van der Waals surface area contributed by atoms with Gasteiger partial charge in [-0.25, -0.2) is 13.8 Å². The summed E-state index contributed by atoms with van der Waals surface area (Å²) in [4.78, 5) is 16.2. The van der Waals surface area contributed by atoms with E-state index in [4.69, 9.17) is 0 Å². The van der Waals surface area contributed by atoms with Gasteiger partial charge in [-0.2, -0.15) is 5.10 Å². The van der Waals surface area contributed by atoms with Crippen LogP contribution < -0.4 is 5.32 Å². The molecule has 24 heavy (non-hydrogen) atoms. The molecule has 1 aromatic heterocycles. The van der Waals surface area contributed by atoms with Gasteiger partial charge < -0.3 is 5.32 Å². The van der Waals surface area contributed by atoms with Crippen LogP contribution in [-0.2, 0) is 6.42 Å². The van der Waals surface area contributed by atoms with Crippen molar-refractivity contribution in [3.63, 3.8) is 0 Å². The number of nitrogens with zero attached hydrogens (tertiary/aromatic N) is 2. The minimum atomic E-state index is -1.05. The van der Waals surface area contributed by atoms with Crippen molar-refractivity contribution < 1.29 is 13.6 Å². The highest BCUT2D eigenvalue weighted by Crippen LogP contribution is 2.13. The highest BCUT2D eigenvalue weighted by molar-refractivity contribution is 5.94. The number of amides is 1. The molecular formula is C17H14F2N4O. The van der Waals surface area contributed by atoms with Crippen LogP contribution in [0.1, 0.15) is 16.2 Å². The van der Waals surface area contributed by atoms with Crippen molar-refractivity contribution in [2.75, 3.05) is 6.54 Å². The Bertz CT molecular complexity index is 849. The summed E-state index contributed by atoms with van der Waals surface area (Å²) in [5, 5.41) is 9.56. The zero-order valence-electron chi connectivity index (χ0n) is 12.6. The van der Waals surface area contributed by atoms with E-state index in [2.05, 4.69) is 20.5 Å². The van der Waals surface area contributed by atoms with E-state index in [-0.39, 0.29) is 5.56 Å². The Kier molecular flexibility index (Phi) is 4.60. The monoisotopic (exact) mass is 328 g/mol. The van der Waals surface area contributed by atoms with Crippen molar-refractivity contribution in [3.05, 3.63) is 71.6 Å². The third-order valence-corrected chi connectivity index (χ3v) is 3.39. The molecule has 0 bridgehead atoms. The molecule has 0 fully saturated rings. The van der Waals surface area contributed by atoms with E-state index in [0.717, 1.165) is 17.7 Å². The molecule has 0 unspecified atom stereocenters. The third-order valence-electron chi connectivity index (χ3n) is 3.39. The summed E-state index contributed by atoms with van der Waals surface area (Å²) >= 11 is 0. The maximum absolute atomic E-state index is 13.1. The van der Waals surface area contributed by atoms with Crippen LogP contribution in [0, 0.1) is 11.6 Å². The van der Waals surface area contributed by atoms with Crippen molar-refractivity contribution in [2.24, 2.45) is 0 Å². The second-order valence-electron chi connectivity index (χ2n) is 5.11. The smallest absolute Gasteiger partial charge is 0.251 e. The van der Waals surface area contributed by atoms with Crippen LogP contribution in [0.2, 0.25) is 0 Å². The maximum Gasteiger partial charge on any atom is 0.251 e. The molecule has 2 aromatic carbocycles. The molecular weight excluding hydrogens is 314 g/mol. The van der Waals surface area contributed by atoms with E-state index in [0.29, 0.717) is 24.6 Å². The fraction of sp³-hybridized carbons (Fsp3) is 0.118. The quantitative estimate of drug-likeness (QED) is 0.756. The minimum absolute atomic E-state index is 0.0662. The molecule has 0 aliphatic rings. The van der Waals surface area contributed by atoms with Gasteiger partial charge in [0.05, 0.1) is 0 Å². The van der Waals surface area contributed by atoms with Crippen molar-refractivity contribution in [2.45, 2.75) is 6.42 Å². The van der Waals surface area contributed by atoms with E-state index >= 15 is 0 Å². The van der Waals surface area contributed by atoms with Gasteiger partial charge in [-0.3, -0.25) is 9.89 Å². The Hall–Kier alpha value is -3.09. The number of carbonyl (C=O) groups is 1. The lowest BCUT2D eigenvalue weighted by Crippen LogP contribution is -2.26. The molecule has 0 atom stereocenters. The first-order valence-corrected chi connectivity index (χ1v) is 7.33. The standard InChI is InChI=1S/C17H14F2N4O/c18-13-7-6-12(10-14(13)19)17(24)20-9-8-15-21-16(23-22-15)11-4-2-1-3-5-11/h1-7,10H,8-9H2,(H,20,24)(H,21,22,23). The molecule has 0 saturated carbocycles. The highest BCUT2D eigenvalue weighted by atomic mass is 19.2. The zero-order valence-corrected chi connectivity index (χ0v) is 12.6. The molecule has 0 aliphatic carbocycles. The molecule has 1 heterocycles. The zero-order chi connectivity index (χ0) is 16.9. The second-order valence-corrected chi connectivity index (χ2v) is 5.11. The van der Waals surface area contributed by atoms with Crippen molar-refractivity contribution in [3.8, 4) is 11.4 Å². The molecule has 0 radical (unpaired) electrons. The van der Waals surface area contributed by atoms with Crippen LogP contribution in [0.5, 0.6) is 0 Å². The number of benzene rings is 2. The molecule has 0 aliphatic heterocycles. The van der Waals surface area contributed by atoms with Gasteiger partial charge in [0, 0.05) is 24.1 Å². The first-order chi connectivity index (χ1) is 11.6. The SMILES string of the molecule is O=C(NCCc1nc(-c2ccccc2)n[nH]1)c1ccc(F)c(F)c1. The first-order valence-electron chi connectivity index (χ1n) is 7.33. The number of hydrogen-bond acceptors (Lipinski definition) is 3. The number of hydrogen-bond donors (Lipinski definition) is 2. The minimum Gasteiger partial charge on any atom is -0.352 e. The average Bonchev–Trinajstić information content (AvgIpc) is 3.07. The van der Waals surface area contributed by atoms with E-state index in [1.165, 1.54) is 6.07 Å². The van der Waals surface area contributed by atoms with E-state index < -0.39 is 17.5 Å². The Morgan fingerprint density at radius 3 is 2.62 bits per heavy atom. The van der Waals surface area contributed by atoms with Gasteiger partial charge in [0.2, 0.25) is 0 Å². The number of rotatable bonds is 5. The number of halogens is 2. The number of aromatic amines is 1. The lowest BCUT2D eigenvalue weighted by atomic mass is 10.2. The molecule has 122 valence electrons. The summed E-state index contributed by atoms with van der Waals surface area (Å²) in [5.74, 6) is -1.30. The predicted octanol–water partition coefficient (Wildman–Crippen LogP) is 2.72. The Morgan fingerprint density at radius 1 is 1.08 bits per heavy atom. The van der Waals surface area contributed by atoms with E-state index in [1.54, 1.807) is 0 Å². The van der Waals surface area contributed by atoms with Crippen LogP contribution in [-0.4, -0.2) is 27.6 Å². The fourth-order valence-corrected chi connectivity index (χ4v) is 2.16. The normalized spacial score (nSPS) is 10.6. The topological polar surface area (TPSA) is 70.7 Å². The Labute approximate surface area is 136 Å². The fourth-order valence-electron chi connectivity index (χ4n) is 2.16. The van der Waals surface area contributed by atoms with Gasteiger partial charge >= 0.3 is 0 Å². The number of H-pyrrole nitrogens is 1. The van der Waals surface area contributed by atoms with Gasteiger partial charge in [-0.05, 0) is 18.2 Å². The second kappa shape index (κ2) is 6.99. The molecule has 3 aromatic rings. The van der Waals surface area contributed by atoms with E-state index in [9.17, 15) is 13.6 Å². The summed E-state index contributed by atoms with van der Waals surface area (Å²) < 4.78 is 26.0. The summed E-state index contributed by atoms with van der Waals surface area (Å²) in [6, 6.07) is 12.5. The van der Waals surface area contributed by atoms with Gasteiger partial charge in [0.25, 0.3) is 5.91 Å². The largest absolute Gasteiger partial charge is 0.352 e. The van der Waals surface area contributed by atoms with Crippen molar-refractivity contribution in [1.29, 1.82) is 0 Å². The highest BCUT2D eigenvalue weighted by Gasteiger charge is 2.10. The molecule has 0 spiro atoms. The summed E-state index contributed by atoms with van der Waals surface area (Å²) in [6.45, 7) is 0.293. The van der Waals surface area contributed by atoms with Gasteiger partial charge in [0.15, 0.2) is 17.5 Å². The van der Waals surface area contributed by atoms with Crippen LogP contribution in [0.3, 0.4) is 0 Å². The van der Waals surface area contributed by atoms with Crippen LogP contribution in [0.25, 0.3) is 11.4 Å². The molecule has 7 heteroatoms. The number of carbonyl (C=O) groups excluding carboxylic acids is 1. The van der Waals surface area contributed by atoms with Crippen LogP contribution in [0.15, 0.2) is 48.5 Å². The number of nitrogens with one attached hydrogen (secondary N) is 2. The lowest BCUT2D eigenvalue weighted by Gasteiger charge is -2.04. The summed E-state index contributed by atoms with van der Waals surface area (Å²) in [7, 11) is 0. The Morgan fingerprint density at radius 2 is 1.88 bits per heavy atom. The predicted molar refractivity (Wildman–Crippen MR) is 84.2 cm³/mol. The van der Waals surface area contributed by atoms with Gasteiger partial charge in [0.1, 0.15) is 5.82 Å². The molecule has 2 N–H and O–H groups in total. The molecule has 1 amide bonds. The van der Waals surface area contributed by atoms with E-state index in [1.807, 2.05) is 30.3 Å². The lowest BCUT2D eigenvalue weighted by molar-refractivity contribution is 0.0953. The third kappa shape index (κ3) is 3.62. The number of aromatic nitrogens is 3. The summed E-state index contributed by atoms with van der Waals surface area (Å²) in [6.07, 6.45) is 0.440. The van der Waals surface area contributed by atoms with Crippen LogP contribution in [0.4, 0.5) is 8.78 Å². The van der Waals surface area contributed by atoms with Crippen molar-refractivity contribution >= 4 is 5.91 Å². The molecule has 0 saturated heterocycles. The molecule has 3 rings (SSSR count). The van der Waals surface area contributed by atoms with Gasteiger partial charge in [-0.15, -0.1) is 0 Å². The van der Waals surface area contributed by atoms with Gasteiger partial charge in [-0.1, -0.05) is 30.3 Å². The molecule has 5 nitrogen and oxygen atoms in total. The maximum atomic E-state index is 13.1. The van der Waals surface area contributed by atoms with Crippen molar-refractivity contribution in [1.82, 2.24) is 20.5 Å². The Balaban J connectivity index is 1.56. The first kappa shape index (κ1) is 15.8. The summed E-state index contributed by atoms with van der Waals surface area (Å²) in [5.41, 5.74) is 0.960.